The summed E-state index contributed by atoms with van der Waals surface area (Å²) in [6.07, 6.45) is 0. The van der Waals surface area contributed by atoms with E-state index in [9.17, 15) is 17.6 Å². The molecule has 0 aliphatic carbocycles. The molecule has 10 heteroatoms. The topological polar surface area (TPSA) is 85.2 Å². The van der Waals surface area contributed by atoms with Crippen molar-refractivity contribution in [3.05, 3.63) is 90.2 Å². The zero-order chi connectivity index (χ0) is 23.0. The Morgan fingerprint density at radius 2 is 1.58 bits per heavy atom. The van der Waals surface area contributed by atoms with Crippen LogP contribution in [0.5, 0.6) is 0 Å². The average Bonchev–Trinajstić information content (AvgIpc) is 3.33. The van der Waals surface area contributed by atoms with Crippen LogP contribution in [0.2, 0.25) is 0 Å². The maximum atomic E-state index is 13.5. The normalized spacial score (nSPS) is 14.5. The lowest BCUT2D eigenvalue weighted by atomic mass is 10.2. The molecular formula is C23H17FN4O3S2. The van der Waals surface area contributed by atoms with Crippen molar-refractivity contribution in [1.29, 1.82) is 0 Å². The number of carbonyl (C=O) groups excluding carboxylic acids is 1. The molecule has 1 aliphatic rings. The van der Waals surface area contributed by atoms with Gasteiger partial charge in [0.15, 0.2) is 11.0 Å². The quantitative estimate of drug-likeness (QED) is 0.388. The molecule has 0 spiro atoms. The molecule has 0 saturated carbocycles. The van der Waals surface area contributed by atoms with Gasteiger partial charge in [-0.3, -0.25) is 9.36 Å². The van der Waals surface area contributed by atoms with Gasteiger partial charge in [0.25, 0.3) is 15.9 Å². The van der Waals surface area contributed by atoms with E-state index in [1.54, 1.807) is 28.8 Å². The Morgan fingerprint density at radius 1 is 0.879 bits per heavy atom. The highest BCUT2D eigenvalue weighted by Crippen LogP contribution is 2.32. The number of nitrogens with zero attached hydrogens (tertiary/aromatic N) is 4. The van der Waals surface area contributed by atoms with E-state index >= 15 is 0 Å². The lowest BCUT2D eigenvalue weighted by Crippen LogP contribution is -2.32. The number of amides is 1. The SMILES string of the molecule is O=C1c2ccccc2S(=O)(=O)N1CCSc1nnc(-c2ccccc2)n1-c1ccc(F)cc1. The summed E-state index contributed by atoms with van der Waals surface area (Å²) in [6, 6.07) is 21.6. The first-order chi connectivity index (χ1) is 16.0. The van der Waals surface area contributed by atoms with Crippen LogP contribution in [0.4, 0.5) is 4.39 Å². The average molecular weight is 481 g/mol. The van der Waals surface area contributed by atoms with Crippen LogP contribution in [0, 0.1) is 5.82 Å². The van der Waals surface area contributed by atoms with Gasteiger partial charge < -0.3 is 0 Å². The number of aromatic nitrogens is 3. The monoisotopic (exact) mass is 480 g/mol. The summed E-state index contributed by atoms with van der Waals surface area (Å²) in [5.74, 6) is -0.0506. The second-order valence-electron chi connectivity index (χ2n) is 7.21. The van der Waals surface area contributed by atoms with Gasteiger partial charge in [-0.15, -0.1) is 10.2 Å². The van der Waals surface area contributed by atoms with Crippen molar-refractivity contribution in [1.82, 2.24) is 19.1 Å². The second kappa shape index (κ2) is 8.45. The molecule has 0 saturated heterocycles. The summed E-state index contributed by atoms with van der Waals surface area (Å²) >= 11 is 1.27. The third-order valence-corrected chi connectivity index (χ3v) is 7.94. The molecule has 1 amide bonds. The number of hydrogen-bond acceptors (Lipinski definition) is 6. The number of rotatable bonds is 6. The summed E-state index contributed by atoms with van der Waals surface area (Å²) in [6.45, 7) is -0.0164. The van der Waals surface area contributed by atoms with Gasteiger partial charge in [-0.05, 0) is 36.4 Å². The number of halogens is 1. The third-order valence-electron chi connectivity index (χ3n) is 5.19. The maximum Gasteiger partial charge on any atom is 0.269 e. The zero-order valence-electron chi connectivity index (χ0n) is 17.1. The fraction of sp³-hybridized carbons (Fsp3) is 0.0870. The molecule has 166 valence electrons. The molecule has 0 fully saturated rings. The van der Waals surface area contributed by atoms with E-state index in [0.29, 0.717) is 16.7 Å². The lowest BCUT2D eigenvalue weighted by Gasteiger charge is -2.15. The number of hydrogen-bond donors (Lipinski definition) is 0. The minimum Gasteiger partial charge on any atom is -0.270 e. The first-order valence-corrected chi connectivity index (χ1v) is 12.4. The fourth-order valence-corrected chi connectivity index (χ4v) is 6.19. The Bertz CT molecular complexity index is 1440. The fourth-order valence-electron chi connectivity index (χ4n) is 3.63. The van der Waals surface area contributed by atoms with Crippen LogP contribution in [0.15, 0.2) is 88.9 Å². The molecule has 2 heterocycles. The Balaban J connectivity index is 1.42. The molecular weight excluding hydrogens is 463 g/mol. The molecule has 1 aliphatic heterocycles. The molecule has 0 bridgehead atoms. The molecule has 5 rings (SSSR count). The minimum absolute atomic E-state index is 0.0164. The number of carbonyl (C=O) groups is 1. The van der Waals surface area contributed by atoms with E-state index in [4.69, 9.17) is 0 Å². The van der Waals surface area contributed by atoms with Crippen LogP contribution >= 0.6 is 11.8 Å². The van der Waals surface area contributed by atoms with Crippen molar-refractivity contribution >= 4 is 27.7 Å². The van der Waals surface area contributed by atoms with E-state index in [1.807, 2.05) is 30.3 Å². The van der Waals surface area contributed by atoms with Crippen LogP contribution in [-0.2, 0) is 10.0 Å². The molecule has 0 radical (unpaired) electrons. The highest BCUT2D eigenvalue weighted by Gasteiger charge is 2.40. The van der Waals surface area contributed by atoms with Crippen LogP contribution in [-0.4, -0.2) is 45.7 Å². The van der Waals surface area contributed by atoms with E-state index < -0.39 is 15.9 Å². The Morgan fingerprint density at radius 3 is 2.30 bits per heavy atom. The zero-order valence-corrected chi connectivity index (χ0v) is 18.8. The van der Waals surface area contributed by atoms with E-state index in [2.05, 4.69) is 10.2 Å². The number of fused-ring (bicyclic) bond motifs is 1. The Kier molecular flexibility index (Phi) is 5.47. The molecule has 0 N–H and O–H groups in total. The molecule has 7 nitrogen and oxygen atoms in total. The van der Waals surface area contributed by atoms with Gasteiger partial charge in [-0.25, -0.2) is 17.1 Å². The van der Waals surface area contributed by atoms with Crippen molar-refractivity contribution in [3.63, 3.8) is 0 Å². The molecule has 1 aromatic heterocycles. The first-order valence-electron chi connectivity index (χ1n) is 10.0. The summed E-state index contributed by atoms with van der Waals surface area (Å²) in [4.78, 5) is 12.7. The van der Waals surface area contributed by atoms with Crippen LogP contribution in [0.3, 0.4) is 0 Å². The molecule has 33 heavy (non-hydrogen) atoms. The van der Waals surface area contributed by atoms with Gasteiger partial charge in [0, 0.05) is 23.5 Å². The van der Waals surface area contributed by atoms with E-state index in [1.165, 1.54) is 36.0 Å². The summed E-state index contributed by atoms with van der Waals surface area (Å²) in [5.41, 5.74) is 1.68. The third kappa shape index (κ3) is 3.81. The minimum atomic E-state index is -3.87. The van der Waals surface area contributed by atoms with Crippen molar-refractivity contribution < 1.29 is 17.6 Å². The molecule has 0 atom stereocenters. The van der Waals surface area contributed by atoms with Crippen molar-refractivity contribution in [2.45, 2.75) is 10.1 Å². The van der Waals surface area contributed by atoms with Crippen molar-refractivity contribution in [3.8, 4) is 17.1 Å². The van der Waals surface area contributed by atoms with Gasteiger partial charge in [0.1, 0.15) is 10.7 Å². The summed E-state index contributed by atoms with van der Waals surface area (Å²) in [5, 5.41) is 9.09. The van der Waals surface area contributed by atoms with Gasteiger partial charge in [-0.1, -0.05) is 54.2 Å². The second-order valence-corrected chi connectivity index (χ2v) is 10.1. The van der Waals surface area contributed by atoms with Crippen molar-refractivity contribution in [2.24, 2.45) is 0 Å². The van der Waals surface area contributed by atoms with Gasteiger partial charge in [0.05, 0.1) is 5.56 Å². The largest absolute Gasteiger partial charge is 0.270 e. The van der Waals surface area contributed by atoms with Crippen molar-refractivity contribution in [2.75, 3.05) is 12.3 Å². The highest BCUT2D eigenvalue weighted by atomic mass is 32.2. The number of benzene rings is 3. The predicted octanol–water partition coefficient (Wildman–Crippen LogP) is 4.01. The van der Waals surface area contributed by atoms with Gasteiger partial charge >= 0.3 is 0 Å². The standard InChI is InChI=1S/C23H17FN4O3S2/c24-17-10-12-18(13-11-17)28-21(16-6-2-1-3-7-16)25-26-23(28)32-15-14-27-22(29)19-8-4-5-9-20(19)33(27,30)31/h1-13H,14-15H2. The molecule has 4 aromatic rings. The van der Waals surface area contributed by atoms with Gasteiger partial charge in [0.2, 0.25) is 0 Å². The molecule has 3 aromatic carbocycles. The van der Waals surface area contributed by atoms with Crippen LogP contribution in [0.1, 0.15) is 10.4 Å². The maximum absolute atomic E-state index is 13.5. The number of thioether (sulfide) groups is 1. The van der Waals surface area contributed by atoms with Crippen LogP contribution in [0.25, 0.3) is 17.1 Å². The first kappa shape index (κ1) is 21.4. The van der Waals surface area contributed by atoms with E-state index in [-0.39, 0.29) is 28.6 Å². The van der Waals surface area contributed by atoms with E-state index in [0.717, 1.165) is 9.87 Å². The van der Waals surface area contributed by atoms with Gasteiger partial charge in [-0.2, -0.15) is 0 Å². The van der Waals surface area contributed by atoms with Crippen LogP contribution < -0.4 is 0 Å². The smallest absolute Gasteiger partial charge is 0.269 e. The Labute approximate surface area is 193 Å². The summed E-state index contributed by atoms with van der Waals surface area (Å²) in [7, 11) is -3.87. The molecule has 0 unspecified atom stereocenters. The lowest BCUT2D eigenvalue weighted by molar-refractivity contribution is 0.0876. The predicted molar refractivity (Wildman–Crippen MR) is 122 cm³/mol. The highest BCUT2D eigenvalue weighted by molar-refractivity contribution is 7.99. The Hall–Kier alpha value is -3.50. The summed E-state index contributed by atoms with van der Waals surface area (Å²) < 4.78 is 41.7. The number of sulfonamides is 1.